The van der Waals surface area contributed by atoms with E-state index in [0.717, 1.165) is 23.0 Å². The van der Waals surface area contributed by atoms with Gasteiger partial charge in [-0.1, -0.05) is 12.0 Å². The topological polar surface area (TPSA) is 74.1 Å². The van der Waals surface area contributed by atoms with Gasteiger partial charge in [0.1, 0.15) is 0 Å². The van der Waals surface area contributed by atoms with Crippen molar-refractivity contribution in [2.75, 3.05) is 19.0 Å². The van der Waals surface area contributed by atoms with Crippen LogP contribution in [0.4, 0.5) is 5.95 Å². The van der Waals surface area contributed by atoms with Crippen molar-refractivity contribution in [2.24, 2.45) is 0 Å². The first kappa shape index (κ1) is 16.5. The maximum atomic E-state index is 5.59. The molecule has 8 heteroatoms. The highest BCUT2D eigenvalue weighted by atomic mass is 79.9. The number of rotatable bonds is 8. The lowest BCUT2D eigenvalue weighted by molar-refractivity contribution is 0.308. The Hall–Kier alpha value is -1.83. The Kier molecular flexibility index (Phi) is 6.00. The lowest BCUT2D eigenvalue weighted by Crippen LogP contribution is -2.09. The highest BCUT2D eigenvalue weighted by molar-refractivity contribution is 9.10. The number of anilines is 1. The number of benzene rings is 1. The van der Waals surface area contributed by atoms with E-state index in [2.05, 4.69) is 43.7 Å². The fourth-order valence-electron chi connectivity index (χ4n) is 2.03. The molecule has 0 spiro atoms. The summed E-state index contributed by atoms with van der Waals surface area (Å²) >= 11 is 3.52. The van der Waals surface area contributed by atoms with E-state index in [1.54, 1.807) is 11.8 Å². The minimum atomic E-state index is 0.582. The fraction of sp³-hybridized carbons (Fsp3) is 0.500. The number of methoxy groups -OCH3 is 1. The van der Waals surface area contributed by atoms with Crippen LogP contribution in [-0.4, -0.2) is 33.9 Å². The molecule has 0 aliphatic carbocycles. The van der Waals surface area contributed by atoms with Gasteiger partial charge in [-0.25, -0.2) is 4.68 Å². The molecule has 0 amide bonds. The average molecular weight is 370 g/mol. The molecule has 0 saturated carbocycles. The zero-order chi connectivity index (χ0) is 15.9. The molecular weight excluding hydrogens is 350 g/mol. The predicted molar refractivity (Wildman–Crippen MR) is 87.3 cm³/mol. The number of nitrogens with one attached hydrogen (secondary N) is 1. The van der Waals surface area contributed by atoms with Crippen molar-refractivity contribution in [1.29, 1.82) is 0 Å². The van der Waals surface area contributed by atoms with Crippen LogP contribution in [0.1, 0.15) is 25.8 Å². The molecule has 2 aromatic rings. The third kappa shape index (κ3) is 3.88. The molecule has 1 N–H and O–H groups in total. The lowest BCUT2D eigenvalue weighted by atomic mass is 10.2. The smallest absolute Gasteiger partial charge is 0.243 e. The molecule has 1 heterocycles. The van der Waals surface area contributed by atoms with Gasteiger partial charge in [0, 0.05) is 13.1 Å². The molecule has 0 radical (unpaired) electrons. The third-order valence-corrected chi connectivity index (χ3v) is 3.58. The van der Waals surface area contributed by atoms with Crippen molar-refractivity contribution >= 4 is 21.9 Å². The molecule has 1 aromatic carbocycles. The van der Waals surface area contributed by atoms with Crippen LogP contribution < -0.4 is 14.8 Å². The Morgan fingerprint density at radius 2 is 2.14 bits per heavy atom. The Morgan fingerprint density at radius 3 is 2.82 bits per heavy atom. The Morgan fingerprint density at radius 1 is 1.32 bits per heavy atom. The zero-order valence-electron chi connectivity index (χ0n) is 13.0. The molecule has 0 bridgehead atoms. The van der Waals surface area contributed by atoms with Gasteiger partial charge in [-0.15, -0.1) is 0 Å². The van der Waals surface area contributed by atoms with E-state index in [1.807, 2.05) is 19.1 Å². The van der Waals surface area contributed by atoms with E-state index in [1.165, 1.54) is 0 Å². The van der Waals surface area contributed by atoms with Crippen LogP contribution in [0.25, 0.3) is 0 Å². The summed E-state index contributed by atoms with van der Waals surface area (Å²) < 4.78 is 13.6. The number of aromatic nitrogens is 4. The van der Waals surface area contributed by atoms with Gasteiger partial charge in [0.2, 0.25) is 5.95 Å². The van der Waals surface area contributed by atoms with Crippen LogP contribution in [-0.2, 0) is 13.1 Å². The van der Waals surface area contributed by atoms with Crippen LogP contribution in [0.5, 0.6) is 11.5 Å². The summed E-state index contributed by atoms with van der Waals surface area (Å²) in [5, 5.41) is 14.9. The van der Waals surface area contributed by atoms with Gasteiger partial charge in [-0.3, -0.25) is 0 Å². The van der Waals surface area contributed by atoms with Gasteiger partial charge in [-0.2, -0.15) is 0 Å². The van der Waals surface area contributed by atoms with Crippen LogP contribution >= 0.6 is 15.9 Å². The van der Waals surface area contributed by atoms with Crippen molar-refractivity contribution in [3.63, 3.8) is 0 Å². The molecule has 0 aliphatic rings. The molecule has 0 fully saturated rings. The molecule has 22 heavy (non-hydrogen) atoms. The second-order valence-corrected chi connectivity index (χ2v) is 5.48. The van der Waals surface area contributed by atoms with Crippen LogP contribution in [0, 0.1) is 0 Å². The zero-order valence-corrected chi connectivity index (χ0v) is 14.6. The molecule has 0 unspecified atom stereocenters. The number of halogens is 1. The van der Waals surface area contributed by atoms with Gasteiger partial charge >= 0.3 is 0 Å². The fourth-order valence-corrected chi connectivity index (χ4v) is 2.64. The average Bonchev–Trinajstić information content (AvgIpc) is 2.95. The summed E-state index contributed by atoms with van der Waals surface area (Å²) in [4.78, 5) is 0. The summed E-state index contributed by atoms with van der Waals surface area (Å²) in [6, 6.07) is 3.94. The highest BCUT2D eigenvalue weighted by Gasteiger charge is 2.12. The second kappa shape index (κ2) is 7.98. The molecule has 0 aliphatic heterocycles. The van der Waals surface area contributed by atoms with E-state index >= 15 is 0 Å². The normalized spacial score (nSPS) is 10.5. The van der Waals surface area contributed by atoms with Gasteiger partial charge in [0.25, 0.3) is 0 Å². The number of nitrogens with zero attached hydrogens (tertiary/aromatic N) is 4. The van der Waals surface area contributed by atoms with Gasteiger partial charge in [0.05, 0.1) is 18.2 Å². The first-order valence-electron chi connectivity index (χ1n) is 7.18. The summed E-state index contributed by atoms with van der Waals surface area (Å²) in [6.07, 6.45) is 0.974. The molecule has 0 atom stereocenters. The van der Waals surface area contributed by atoms with E-state index < -0.39 is 0 Å². The number of ether oxygens (including phenoxy) is 2. The van der Waals surface area contributed by atoms with Crippen molar-refractivity contribution in [3.8, 4) is 11.5 Å². The Bertz CT molecular complexity index is 617. The van der Waals surface area contributed by atoms with E-state index in [4.69, 9.17) is 9.47 Å². The summed E-state index contributed by atoms with van der Waals surface area (Å²) in [5.74, 6) is 2.07. The summed E-state index contributed by atoms with van der Waals surface area (Å²) in [6.45, 7) is 5.98. The van der Waals surface area contributed by atoms with Crippen molar-refractivity contribution < 1.29 is 9.47 Å². The second-order valence-electron chi connectivity index (χ2n) is 4.62. The van der Waals surface area contributed by atoms with E-state index in [9.17, 15) is 0 Å². The van der Waals surface area contributed by atoms with Gasteiger partial charge in [0.15, 0.2) is 11.5 Å². The molecular formula is C14H20BrN5O2. The first-order chi connectivity index (χ1) is 10.7. The highest BCUT2D eigenvalue weighted by Crippen LogP contribution is 2.36. The van der Waals surface area contributed by atoms with Crippen LogP contribution in [0.15, 0.2) is 16.6 Å². The van der Waals surface area contributed by atoms with Crippen molar-refractivity contribution in [1.82, 2.24) is 20.2 Å². The largest absolute Gasteiger partial charge is 0.493 e. The van der Waals surface area contributed by atoms with Gasteiger partial charge < -0.3 is 14.8 Å². The van der Waals surface area contributed by atoms with Crippen LogP contribution in [0.3, 0.4) is 0 Å². The van der Waals surface area contributed by atoms with Crippen molar-refractivity contribution in [3.05, 3.63) is 22.2 Å². The molecule has 1 aromatic heterocycles. The SMILES string of the molecule is CCCn1nnnc1NCc1cc(Br)c(OCC)c(OC)c1. The van der Waals surface area contributed by atoms with E-state index in [-0.39, 0.29) is 0 Å². The van der Waals surface area contributed by atoms with Crippen LogP contribution in [0.2, 0.25) is 0 Å². The molecule has 0 saturated heterocycles. The minimum absolute atomic E-state index is 0.582. The van der Waals surface area contributed by atoms with E-state index in [0.29, 0.717) is 30.6 Å². The number of hydrogen-bond donors (Lipinski definition) is 1. The molecule has 7 nitrogen and oxygen atoms in total. The standard InChI is InChI=1S/C14H20BrN5O2/c1-4-6-20-14(17-18-19-20)16-9-10-7-11(15)13(22-5-2)12(8-10)21-3/h7-8H,4-6,9H2,1-3H3,(H,16,17,19). The Balaban J connectivity index is 2.12. The maximum Gasteiger partial charge on any atom is 0.243 e. The van der Waals surface area contributed by atoms with Crippen molar-refractivity contribution in [2.45, 2.75) is 33.4 Å². The summed E-state index contributed by atoms with van der Waals surface area (Å²) in [5.41, 5.74) is 1.04. The maximum absolute atomic E-state index is 5.59. The Labute approximate surface area is 138 Å². The number of aryl methyl sites for hydroxylation is 1. The predicted octanol–water partition coefficient (Wildman–Crippen LogP) is 2.87. The minimum Gasteiger partial charge on any atom is -0.493 e. The summed E-state index contributed by atoms with van der Waals surface area (Å²) in [7, 11) is 1.63. The van der Waals surface area contributed by atoms with Gasteiger partial charge in [-0.05, 0) is 57.4 Å². The quantitative estimate of drug-likeness (QED) is 0.770. The lowest BCUT2D eigenvalue weighted by Gasteiger charge is -2.14. The molecule has 120 valence electrons. The number of tetrazole rings is 1. The number of hydrogen-bond acceptors (Lipinski definition) is 6. The molecule has 2 rings (SSSR count). The monoisotopic (exact) mass is 369 g/mol. The third-order valence-electron chi connectivity index (χ3n) is 3.00. The first-order valence-corrected chi connectivity index (χ1v) is 7.98.